The van der Waals surface area contributed by atoms with Crippen molar-refractivity contribution in [1.82, 2.24) is 14.5 Å². The number of para-hydroxylation sites is 1. The van der Waals surface area contributed by atoms with Gasteiger partial charge in [-0.3, -0.25) is 0 Å². The van der Waals surface area contributed by atoms with Crippen molar-refractivity contribution in [3.8, 4) is 5.69 Å². The molecule has 0 unspecified atom stereocenters. The standard InChI is InChI=1S/C19H20N4O2/c1-14-13-17(15(2)23(14)16-7-4-3-5-8-16)18(24)25-12-11-22-19-20-9-6-10-21-19/h3-10,13H,11-12H2,1-2H3,(H,20,21,22). The first-order valence-electron chi connectivity index (χ1n) is 8.09. The third-order valence-corrected chi connectivity index (χ3v) is 3.85. The minimum absolute atomic E-state index is 0.242. The number of hydrogen-bond acceptors (Lipinski definition) is 5. The first-order valence-corrected chi connectivity index (χ1v) is 8.09. The second kappa shape index (κ2) is 7.61. The fourth-order valence-electron chi connectivity index (χ4n) is 2.72. The van der Waals surface area contributed by atoms with E-state index in [1.807, 2.05) is 54.8 Å². The largest absolute Gasteiger partial charge is 0.460 e. The van der Waals surface area contributed by atoms with Gasteiger partial charge in [0.25, 0.3) is 0 Å². The molecule has 0 fully saturated rings. The fraction of sp³-hybridized carbons (Fsp3) is 0.211. The van der Waals surface area contributed by atoms with E-state index < -0.39 is 0 Å². The van der Waals surface area contributed by atoms with Gasteiger partial charge in [-0.1, -0.05) is 18.2 Å². The van der Waals surface area contributed by atoms with Crippen LogP contribution in [0.3, 0.4) is 0 Å². The molecule has 0 radical (unpaired) electrons. The molecule has 0 saturated carbocycles. The molecule has 2 heterocycles. The first-order chi connectivity index (χ1) is 12.2. The van der Waals surface area contributed by atoms with Crippen LogP contribution in [-0.2, 0) is 4.74 Å². The minimum atomic E-state index is -0.328. The van der Waals surface area contributed by atoms with Crippen LogP contribution in [0, 0.1) is 13.8 Å². The summed E-state index contributed by atoms with van der Waals surface area (Å²) in [6.45, 7) is 4.59. The van der Waals surface area contributed by atoms with E-state index in [9.17, 15) is 4.79 Å². The van der Waals surface area contributed by atoms with Crippen LogP contribution in [0.4, 0.5) is 5.95 Å². The molecule has 6 nitrogen and oxygen atoms in total. The van der Waals surface area contributed by atoms with Gasteiger partial charge in [0.05, 0.1) is 12.1 Å². The number of nitrogens with zero attached hydrogens (tertiary/aromatic N) is 3. The van der Waals surface area contributed by atoms with Gasteiger partial charge in [0.2, 0.25) is 5.95 Å². The molecule has 6 heteroatoms. The van der Waals surface area contributed by atoms with Gasteiger partial charge in [-0.25, -0.2) is 14.8 Å². The molecule has 0 aliphatic heterocycles. The highest BCUT2D eigenvalue weighted by molar-refractivity contribution is 5.91. The molecule has 1 N–H and O–H groups in total. The number of carbonyl (C=O) groups is 1. The molecule has 25 heavy (non-hydrogen) atoms. The highest BCUT2D eigenvalue weighted by Crippen LogP contribution is 2.21. The van der Waals surface area contributed by atoms with E-state index in [1.54, 1.807) is 18.5 Å². The summed E-state index contributed by atoms with van der Waals surface area (Å²) in [5, 5.41) is 3.00. The number of aryl methyl sites for hydroxylation is 1. The fourth-order valence-corrected chi connectivity index (χ4v) is 2.72. The number of ether oxygens (including phenoxy) is 1. The van der Waals surface area contributed by atoms with Gasteiger partial charge in [-0.15, -0.1) is 0 Å². The van der Waals surface area contributed by atoms with Gasteiger partial charge < -0.3 is 14.6 Å². The number of hydrogen-bond donors (Lipinski definition) is 1. The van der Waals surface area contributed by atoms with Crippen LogP contribution < -0.4 is 5.32 Å². The Hall–Kier alpha value is -3.15. The molecule has 0 bridgehead atoms. The van der Waals surface area contributed by atoms with E-state index in [1.165, 1.54) is 0 Å². The van der Waals surface area contributed by atoms with E-state index in [-0.39, 0.29) is 12.6 Å². The average molecular weight is 336 g/mol. The van der Waals surface area contributed by atoms with Crippen molar-refractivity contribution in [1.29, 1.82) is 0 Å². The Balaban J connectivity index is 1.63. The highest BCUT2D eigenvalue weighted by atomic mass is 16.5. The van der Waals surface area contributed by atoms with Gasteiger partial charge in [0.15, 0.2) is 0 Å². The third-order valence-electron chi connectivity index (χ3n) is 3.85. The van der Waals surface area contributed by atoms with Crippen molar-refractivity contribution < 1.29 is 9.53 Å². The maximum absolute atomic E-state index is 12.4. The van der Waals surface area contributed by atoms with Crippen LogP contribution in [0.2, 0.25) is 0 Å². The van der Waals surface area contributed by atoms with Crippen molar-refractivity contribution in [2.45, 2.75) is 13.8 Å². The van der Waals surface area contributed by atoms with Crippen LogP contribution in [-0.4, -0.2) is 33.7 Å². The first kappa shape index (κ1) is 16.7. The summed E-state index contributed by atoms with van der Waals surface area (Å²) in [4.78, 5) is 20.5. The number of esters is 1. The number of rotatable bonds is 6. The van der Waals surface area contributed by atoms with Crippen molar-refractivity contribution >= 4 is 11.9 Å². The molecule has 0 amide bonds. The SMILES string of the molecule is Cc1cc(C(=O)OCCNc2ncccn2)c(C)n1-c1ccccc1. The van der Waals surface area contributed by atoms with Crippen LogP contribution in [0.5, 0.6) is 0 Å². The highest BCUT2D eigenvalue weighted by Gasteiger charge is 2.17. The molecular weight excluding hydrogens is 316 g/mol. The zero-order chi connectivity index (χ0) is 17.6. The monoisotopic (exact) mass is 336 g/mol. The smallest absolute Gasteiger partial charge is 0.340 e. The topological polar surface area (TPSA) is 69.0 Å². The molecule has 1 aromatic carbocycles. The van der Waals surface area contributed by atoms with E-state index in [4.69, 9.17) is 4.74 Å². The van der Waals surface area contributed by atoms with Crippen molar-refractivity contribution in [2.75, 3.05) is 18.5 Å². The molecule has 2 aromatic heterocycles. The Morgan fingerprint density at radius 2 is 1.84 bits per heavy atom. The number of aromatic nitrogens is 3. The Bertz CT molecular complexity index is 845. The van der Waals surface area contributed by atoms with Gasteiger partial charge in [0, 0.05) is 29.5 Å². The quantitative estimate of drug-likeness (QED) is 0.553. The van der Waals surface area contributed by atoms with E-state index >= 15 is 0 Å². The lowest BCUT2D eigenvalue weighted by Gasteiger charge is -2.10. The molecule has 0 saturated heterocycles. The molecule has 3 aromatic rings. The van der Waals surface area contributed by atoms with E-state index in [0.29, 0.717) is 18.1 Å². The van der Waals surface area contributed by atoms with Gasteiger partial charge >= 0.3 is 5.97 Å². The predicted octanol–water partition coefficient (Wildman–Crippen LogP) is 3.15. The number of nitrogens with one attached hydrogen (secondary N) is 1. The maximum Gasteiger partial charge on any atom is 0.340 e. The summed E-state index contributed by atoms with van der Waals surface area (Å²) >= 11 is 0. The Morgan fingerprint density at radius 1 is 1.12 bits per heavy atom. The van der Waals surface area contributed by atoms with Crippen molar-refractivity contribution in [2.24, 2.45) is 0 Å². The molecule has 0 aliphatic rings. The lowest BCUT2D eigenvalue weighted by molar-refractivity contribution is 0.0519. The van der Waals surface area contributed by atoms with Gasteiger partial charge in [-0.05, 0) is 38.1 Å². The molecule has 128 valence electrons. The molecule has 3 rings (SSSR count). The molecule has 0 spiro atoms. The minimum Gasteiger partial charge on any atom is -0.460 e. The van der Waals surface area contributed by atoms with Gasteiger partial charge in [-0.2, -0.15) is 0 Å². The zero-order valence-electron chi connectivity index (χ0n) is 14.3. The lowest BCUT2D eigenvalue weighted by atomic mass is 10.2. The zero-order valence-corrected chi connectivity index (χ0v) is 14.3. The predicted molar refractivity (Wildman–Crippen MR) is 96.0 cm³/mol. The van der Waals surface area contributed by atoms with E-state index in [0.717, 1.165) is 17.1 Å². The Labute approximate surface area is 146 Å². The summed E-state index contributed by atoms with van der Waals surface area (Å²) in [6.07, 6.45) is 3.31. The lowest BCUT2D eigenvalue weighted by Crippen LogP contribution is -2.15. The van der Waals surface area contributed by atoms with E-state index in [2.05, 4.69) is 15.3 Å². The third kappa shape index (κ3) is 3.85. The van der Waals surface area contributed by atoms with Gasteiger partial charge in [0.1, 0.15) is 6.61 Å². The second-order valence-corrected chi connectivity index (χ2v) is 5.59. The number of carbonyl (C=O) groups excluding carboxylic acids is 1. The summed E-state index contributed by atoms with van der Waals surface area (Å²) in [6, 6.07) is 13.5. The molecule has 0 atom stereocenters. The maximum atomic E-state index is 12.4. The number of benzene rings is 1. The second-order valence-electron chi connectivity index (χ2n) is 5.59. The normalized spacial score (nSPS) is 10.5. The summed E-state index contributed by atoms with van der Waals surface area (Å²) in [7, 11) is 0. The Kier molecular flexibility index (Phi) is 5.09. The molecule has 0 aliphatic carbocycles. The average Bonchev–Trinajstić information content (AvgIpc) is 2.94. The summed E-state index contributed by atoms with van der Waals surface area (Å²) in [5.74, 6) is 0.187. The van der Waals surface area contributed by atoms with Crippen molar-refractivity contribution in [3.05, 3.63) is 71.8 Å². The summed E-state index contributed by atoms with van der Waals surface area (Å²) < 4.78 is 7.41. The van der Waals surface area contributed by atoms with Crippen LogP contribution >= 0.6 is 0 Å². The Morgan fingerprint density at radius 3 is 2.56 bits per heavy atom. The number of anilines is 1. The molecular formula is C19H20N4O2. The van der Waals surface area contributed by atoms with Crippen molar-refractivity contribution in [3.63, 3.8) is 0 Å². The van der Waals surface area contributed by atoms with Crippen LogP contribution in [0.25, 0.3) is 5.69 Å². The van der Waals surface area contributed by atoms with Crippen LogP contribution in [0.1, 0.15) is 21.7 Å². The summed E-state index contributed by atoms with van der Waals surface area (Å²) in [5.41, 5.74) is 3.47. The van der Waals surface area contributed by atoms with Crippen LogP contribution in [0.15, 0.2) is 54.9 Å².